The monoisotopic (exact) mass is 411 g/mol. The lowest BCUT2D eigenvalue weighted by molar-refractivity contribution is -0.137. The number of rotatable bonds is 10. The summed E-state index contributed by atoms with van der Waals surface area (Å²) in [5.41, 5.74) is 1.81. The van der Waals surface area contributed by atoms with Crippen LogP contribution in [0.15, 0.2) is 60.7 Å². The molecule has 0 bridgehead atoms. The Morgan fingerprint density at radius 1 is 0.897 bits per heavy atom. The van der Waals surface area contributed by atoms with Gasteiger partial charge in [-0.15, -0.1) is 0 Å². The molecule has 1 aromatic heterocycles. The molecule has 7 nitrogen and oxygen atoms in total. The Hall–Kier alpha value is -3.19. The molecule has 0 aliphatic carbocycles. The molecule has 0 aliphatic heterocycles. The van der Waals surface area contributed by atoms with E-state index in [2.05, 4.69) is 20.3 Å². The highest BCUT2D eigenvalue weighted by atomic mass is 35.5. The molecular weight excluding hydrogens is 390 g/mol. The summed E-state index contributed by atoms with van der Waals surface area (Å²) in [6, 6.07) is 19.6. The molecule has 2 N–H and O–H groups in total. The highest BCUT2D eigenvalue weighted by Gasteiger charge is 2.17. The van der Waals surface area contributed by atoms with Gasteiger partial charge in [0.25, 0.3) is 0 Å². The third-order valence-corrected chi connectivity index (χ3v) is 4.34. The van der Waals surface area contributed by atoms with Gasteiger partial charge in [0.15, 0.2) is 0 Å². The van der Waals surface area contributed by atoms with Gasteiger partial charge in [0.05, 0.1) is 0 Å². The molecule has 0 spiro atoms. The van der Waals surface area contributed by atoms with Crippen LogP contribution < -0.4 is 10.2 Å². The van der Waals surface area contributed by atoms with Crippen molar-refractivity contribution < 1.29 is 9.90 Å². The zero-order valence-electron chi connectivity index (χ0n) is 15.8. The maximum Gasteiger partial charge on any atom is 0.303 e. The zero-order chi connectivity index (χ0) is 20.5. The number of carboxylic acids is 1. The van der Waals surface area contributed by atoms with E-state index < -0.39 is 5.97 Å². The van der Waals surface area contributed by atoms with Gasteiger partial charge in [-0.2, -0.15) is 15.0 Å². The average molecular weight is 412 g/mol. The minimum absolute atomic E-state index is 0.0974. The summed E-state index contributed by atoms with van der Waals surface area (Å²) in [5.74, 6) is 0.0274. The van der Waals surface area contributed by atoms with Crippen molar-refractivity contribution in [1.82, 2.24) is 15.0 Å². The van der Waals surface area contributed by atoms with E-state index in [-0.39, 0.29) is 11.7 Å². The van der Waals surface area contributed by atoms with Crippen LogP contribution in [-0.4, -0.2) is 32.6 Å². The number of hydrogen-bond acceptors (Lipinski definition) is 6. The lowest BCUT2D eigenvalue weighted by atomic mass is 10.2. The quantitative estimate of drug-likeness (QED) is 0.451. The fourth-order valence-electron chi connectivity index (χ4n) is 2.83. The Bertz CT molecular complexity index is 885. The molecule has 0 radical (unpaired) electrons. The summed E-state index contributed by atoms with van der Waals surface area (Å²) >= 11 is 6.17. The number of carboxylic acid groups (broad SMARTS) is 1. The number of aliphatic carboxylic acids is 1. The molecule has 0 saturated carbocycles. The number of anilines is 4. The van der Waals surface area contributed by atoms with Crippen LogP contribution in [-0.2, 0) is 4.79 Å². The third kappa shape index (κ3) is 6.15. The Morgan fingerprint density at radius 3 is 2.10 bits per heavy atom. The Balaban J connectivity index is 1.78. The minimum atomic E-state index is -0.770. The first kappa shape index (κ1) is 20.5. The molecular formula is C21H22ClN5O2. The largest absolute Gasteiger partial charge is 0.481 e. The first-order valence-electron chi connectivity index (χ1n) is 9.41. The molecule has 1 heterocycles. The summed E-state index contributed by atoms with van der Waals surface area (Å²) in [6.07, 6.45) is 2.46. The lowest BCUT2D eigenvalue weighted by Gasteiger charge is -2.23. The summed E-state index contributed by atoms with van der Waals surface area (Å²) in [5, 5.41) is 11.9. The zero-order valence-corrected chi connectivity index (χ0v) is 16.6. The van der Waals surface area contributed by atoms with Crippen molar-refractivity contribution in [3.05, 3.63) is 65.9 Å². The predicted octanol–water partition coefficient (Wildman–Crippen LogP) is 5.05. The van der Waals surface area contributed by atoms with Crippen LogP contribution in [0.2, 0.25) is 5.28 Å². The third-order valence-electron chi connectivity index (χ3n) is 4.18. The maximum atomic E-state index is 10.6. The molecule has 0 saturated heterocycles. The highest BCUT2D eigenvalue weighted by Crippen LogP contribution is 2.32. The van der Waals surface area contributed by atoms with Crippen LogP contribution in [0, 0.1) is 0 Å². The Kier molecular flexibility index (Phi) is 7.35. The molecule has 8 heteroatoms. The molecule has 0 atom stereocenters. The molecule has 0 unspecified atom stereocenters. The van der Waals surface area contributed by atoms with E-state index in [0.717, 1.165) is 24.2 Å². The Labute approximate surface area is 174 Å². The highest BCUT2D eigenvalue weighted by molar-refractivity contribution is 6.28. The van der Waals surface area contributed by atoms with E-state index in [0.29, 0.717) is 24.9 Å². The molecule has 150 valence electrons. The number of carbonyl (C=O) groups is 1. The first-order chi connectivity index (χ1) is 14.1. The normalized spacial score (nSPS) is 10.5. The fourth-order valence-corrected chi connectivity index (χ4v) is 2.99. The van der Waals surface area contributed by atoms with Gasteiger partial charge in [0, 0.05) is 24.3 Å². The summed E-state index contributed by atoms with van der Waals surface area (Å²) in [6.45, 7) is 0.621. The van der Waals surface area contributed by atoms with Crippen LogP contribution in [0.5, 0.6) is 0 Å². The molecule has 2 aromatic carbocycles. The van der Waals surface area contributed by atoms with E-state index in [9.17, 15) is 4.79 Å². The van der Waals surface area contributed by atoms with Gasteiger partial charge in [-0.05, 0) is 48.7 Å². The summed E-state index contributed by atoms with van der Waals surface area (Å²) < 4.78 is 0. The lowest BCUT2D eigenvalue weighted by Crippen LogP contribution is -2.16. The van der Waals surface area contributed by atoms with Crippen molar-refractivity contribution in [2.45, 2.75) is 25.7 Å². The molecule has 3 rings (SSSR count). The van der Waals surface area contributed by atoms with Crippen LogP contribution in [0.1, 0.15) is 25.7 Å². The molecule has 0 aliphatic rings. The van der Waals surface area contributed by atoms with Crippen LogP contribution in [0.4, 0.5) is 23.3 Å². The van der Waals surface area contributed by atoms with Crippen LogP contribution >= 0.6 is 11.6 Å². The van der Waals surface area contributed by atoms with Crippen molar-refractivity contribution in [1.29, 1.82) is 0 Å². The van der Waals surface area contributed by atoms with Crippen molar-refractivity contribution in [3.63, 3.8) is 0 Å². The number of aromatic nitrogens is 3. The van der Waals surface area contributed by atoms with E-state index >= 15 is 0 Å². The second kappa shape index (κ2) is 10.4. The van der Waals surface area contributed by atoms with E-state index in [4.69, 9.17) is 16.7 Å². The smallest absolute Gasteiger partial charge is 0.303 e. The number of hydrogen-bond donors (Lipinski definition) is 2. The topological polar surface area (TPSA) is 91.2 Å². The van der Waals surface area contributed by atoms with Gasteiger partial charge in [-0.3, -0.25) is 9.69 Å². The number of unbranched alkanes of at least 4 members (excludes halogenated alkanes) is 2. The number of nitrogens with zero attached hydrogens (tertiary/aromatic N) is 4. The van der Waals surface area contributed by atoms with Crippen molar-refractivity contribution in [2.75, 3.05) is 16.8 Å². The minimum Gasteiger partial charge on any atom is -0.481 e. The first-order valence-corrected chi connectivity index (χ1v) is 9.79. The standard InChI is InChI=1S/C21H22ClN5O2/c22-19-24-20(23-15-9-3-8-14-18(28)29)26-21(25-19)27(16-10-4-1-5-11-16)17-12-6-2-7-13-17/h1-2,4-7,10-13H,3,8-9,14-15H2,(H,28,29)(H,23,24,25,26). The van der Waals surface area contributed by atoms with E-state index in [1.54, 1.807) is 0 Å². The maximum absolute atomic E-state index is 10.6. The van der Waals surface area contributed by atoms with Gasteiger partial charge in [0.2, 0.25) is 17.2 Å². The van der Waals surface area contributed by atoms with Crippen LogP contribution in [0.25, 0.3) is 0 Å². The number of para-hydroxylation sites is 2. The molecule has 0 fully saturated rings. The van der Waals surface area contributed by atoms with E-state index in [1.807, 2.05) is 65.6 Å². The Morgan fingerprint density at radius 2 is 1.52 bits per heavy atom. The predicted molar refractivity (Wildman–Crippen MR) is 114 cm³/mol. The van der Waals surface area contributed by atoms with Crippen molar-refractivity contribution in [2.24, 2.45) is 0 Å². The van der Waals surface area contributed by atoms with Gasteiger partial charge in [-0.1, -0.05) is 42.8 Å². The van der Waals surface area contributed by atoms with Gasteiger partial charge < -0.3 is 10.4 Å². The van der Waals surface area contributed by atoms with Crippen molar-refractivity contribution >= 4 is 40.8 Å². The van der Waals surface area contributed by atoms with Crippen molar-refractivity contribution in [3.8, 4) is 0 Å². The SMILES string of the molecule is O=C(O)CCCCCNc1nc(Cl)nc(N(c2ccccc2)c2ccccc2)n1. The second-order valence-electron chi connectivity index (χ2n) is 6.37. The summed E-state index contributed by atoms with van der Waals surface area (Å²) in [4.78, 5) is 25.5. The van der Waals surface area contributed by atoms with Gasteiger partial charge in [0.1, 0.15) is 0 Å². The van der Waals surface area contributed by atoms with Gasteiger partial charge >= 0.3 is 5.97 Å². The molecule has 29 heavy (non-hydrogen) atoms. The van der Waals surface area contributed by atoms with Crippen LogP contribution in [0.3, 0.4) is 0 Å². The summed E-state index contributed by atoms with van der Waals surface area (Å²) in [7, 11) is 0. The number of benzene rings is 2. The fraction of sp³-hybridized carbons (Fsp3) is 0.238. The van der Waals surface area contributed by atoms with Gasteiger partial charge in [-0.25, -0.2) is 0 Å². The number of nitrogens with one attached hydrogen (secondary N) is 1. The molecule has 0 amide bonds. The molecule has 3 aromatic rings. The van der Waals surface area contributed by atoms with E-state index in [1.165, 1.54) is 0 Å². The average Bonchev–Trinajstić information content (AvgIpc) is 2.72. The second-order valence-corrected chi connectivity index (χ2v) is 6.70. The number of halogens is 1.